The minimum Gasteiger partial charge on any atom is -0.465 e. The topological polar surface area (TPSA) is 149 Å². The van der Waals surface area contributed by atoms with Crippen LogP contribution in [0.4, 0.5) is 16.4 Å². The number of piperidine rings is 1. The number of hydrogen-bond donors (Lipinski definition) is 3. The first kappa shape index (κ1) is 23.7. The Morgan fingerprint density at radius 2 is 1.91 bits per heavy atom. The predicted octanol–water partition coefficient (Wildman–Crippen LogP) is 3.35. The number of carbonyl (C=O) groups is 2. The number of nitriles is 1. The van der Waals surface area contributed by atoms with Crippen LogP contribution in [0.3, 0.4) is 0 Å². The van der Waals surface area contributed by atoms with E-state index in [-0.39, 0.29) is 11.9 Å². The van der Waals surface area contributed by atoms with E-state index in [1.165, 1.54) is 4.90 Å². The van der Waals surface area contributed by atoms with Crippen LogP contribution in [-0.4, -0.2) is 60.9 Å². The van der Waals surface area contributed by atoms with E-state index < -0.39 is 12.1 Å². The Balaban J connectivity index is 1.44. The van der Waals surface area contributed by atoms with Crippen LogP contribution >= 0.6 is 0 Å². The van der Waals surface area contributed by atoms with E-state index in [1.54, 1.807) is 31.5 Å². The van der Waals surface area contributed by atoms with Gasteiger partial charge in [0.15, 0.2) is 0 Å². The van der Waals surface area contributed by atoms with Crippen LogP contribution in [0.25, 0.3) is 11.3 Å². The van der Waals surface area contributed by atoms with Crippen molar-refractivity contribution in [2.75, 3.05) is 18.4 Å². The SMILES string of the molecule is Cc1cnc(Nc2cnn(C3CCN(C(=O)O)CC3)c2)nc1-c1ccc(C(=O)NC(C)C#N)cc1. The number of amides is 2. The van der Waals surface area contributed by atoms with Crippen LogP contribution in [0.1, 0.15) is 41.7 Å². The lowest BCUT2D eigenvalue weighted by atomic mass is 10.1. The van der Waals surface area contributed by atoms with Crippen molar-refractivity contribution in [3.05, 3.63) is 54.0 Å². The first-order valence-corrected chi connectivity index (χ1v) is 11.3. The van der Waals surface area contributed by atoms with Gasteiger partial charge in [-0.2, -0.15) is 10.4 Å². The normalized spacial score (nSPS) is 14.7. The molecule has 3 heterocycles. The molecule has 35 heavy (non-hydrogen) atoms. The summed E-state index contributed by atoms with van der Waals surface area (Å²) in [6.45, 7) is 4.52. The van der Waals surface area contributed by atoms with E-state index in [4.69, 9.17) is 10.4 Å². The van der Waals surface area contributed by atoms with Crippen molar-refractivity contribution >= 4 is 23.6 Å². The second-order valence-corrected chi connectivity index (χ2v) is 8.46. The van der Waals surface area contributed by atoms with Gasteiger partial charge >= 0.3 is 6.09 Å². The number of carbonyl (C=O) groups excluding carboxylic acids is 1. The summed E-state index contributed by atoms with van der Waals surface area (Å²) in [5.41, 5.74) is 3.64. The average Bonchev–Trinajstić information content (AvgIpc) is 3.33. The molecule has 1 unspecified atom stereocenters. The molecule has 11 nitrogen and oxygen atoms in total. The van der Waals surface area contributed by atoms with Crippen molar-refractivity contribution in [3.63, 3.8) is 0 Å². The van der Waals surface area contributed by atoms with Gasteiger partial charge in [0.1, 0.15) is 6.04 Å². The molecule has 0 radical (unpaired) electrons. The zero-order valence-electron chi connectivity index (χ0n) is 19.5. The fourth-order valence-electron chi connectivity index (χ4n) is 3.94. The number of anilines is 2. The van der Waals surface area contributed by atoms with Crippen LogP contribution in [0.15, 0.2) is 42.9 Å². The highest BCUT2D eigenvalue weighted by atomic mass is 16.4. The van der Waals surface area contributed by atoms with E-state index in [0.29, 0.717) is 37.4 Å². The number of aromatic nitrogens is 4. The Labute approximate surface area is 202 Å². The fourth-order valence-corrected chi connectivity index (χ4v) is 3.94. The van der Waals surface area contributed by atoms with Crippen molar-refractivity contribution in [3.8, 4) is 17.3 Å². The summed E-state index contributed by atoms with van der Waals surface area (Å²) in [5, 5.41) is 28.2. The Hall–Kier alpha value is -4.46. The van der Waals surface area contributed by atoms with Crippen molar-refractivity contribution in [1.29, 1.82) is 5.26 Å². The maximum absolute atomic E-state index is 12.2. The molecule has 0 spiro atoms. The summed E-state index contributed by atoms with van der Waals surface area (Å²) in [6.07, 6.45) is 5.84. The molecule has 180 valence electrons. The molecule has 0 bridgehead atoms. The predicted molar refractivity (Wildman–Crippen MR) is 128 cm³/mol. The molecule has 4 rings (SSSR count). The number of nitrogens with one attached hydrogen (secondary N) is 2. The monoisotopic (exact) mass is 474 g/mol. The van der Waals surface area contributed by atoms with E-state index in [1.807, 2.05) is 36.0 Å². The van der Waals surface area contributed by atoms with Crippen molar-refractivity contribution in [2.45, 2.75) is 38.8 Å². The van der Waals surface area contributed by atoms with Gasteiger partial charge in [-0.1, -0.05) is 12.1 Å². The number of aryl methyl sites for hydroxylation is 1. The molecule has 1 saturated heterocycles. The second kappa shape index (κ2) is 10.2. The molecule has 0 saturated carbocycles. The molecule has 1 aliphatic rings. The van der Waals surface area contributed by atoms with Gasteiger partial charge in [0.2, 0.25) is 5.95 Å². The molecule has 3 aromatic rings. The summed E-state index contributed by atoms with van der Waals surface area (Å²) < 4.78 is 1.85. The first-order chi connectivity index (χ1) is 16.8. The Kier molecular flexibility index (Phi) is 6.91. The summed E-state index contributed by atoms with van der Waals surface area (Å²) in [7, 11) is 0. The maximum atomic E-state index is 12.2. The van der Waals surface area contributed by atoms with Crippen molar-refractivity contribution in [2.24, 2.45) is 0 Å². The smallest absolute Gasteiger partial charge is 0.407 e. The fraction of sp³-hybridized carbons (Fsp3) is 0.333. The highest BCUT2D eigenvalue weighted by Gasteiger charge is 2.24. The molecule has 1 fully saturated rings. The largest absolute Gasteiger partial charge is 0.465 e. The van der Waals surface area contributed by atoms with Crippen molar-refractivity contribution in [1.82, 2.24) is 30.0 Å². The standard InChI is InChI=1S/C24H26N8O3/c1-15-12-26-23(29-19-13-27-32(14-19)20-7-9-31(10-8-20)24(34)35)30-21(15)17-3-5-18(6-4-17)22(33)28-16(2)11-25/h3-6,12-14,16,20H,7-10H2,1-2H3,(H,28,33)(H,34,35)(H,26,29,30). The Morgan fingerprint density at radius 1 is 1.20 bits per heavy atom. The lowest BCUT2D eigenvalue weighted by Gasteiger charge is -2.29. The number of benzene rings is 1. The average molecular weight is 475 g/mol. The molecule has 1 aromatic carbocycles. The first-order valence-electron chi connectivity index (χ1n) is 11.3. The molecule has 3 N–H and O–H groups in total. The van der Waals surface area contributed by atoms with Gasteiger partial charge in [-0.05, 0) is 44.4 Å². The number of carboxylic acid groups (broad SMARTS) is 1. The molecule has 1 atom stereocenters. The maximum Gasteiger partial charge on any atom is 0.407 e. The van der Waals surface area contributed by atoms with Crippen LogP contribution in [-0.2, 0) is 0 Å². The van der Waals surface area contributed by atoms with Gasteiger partial charge in [0.05, 0.1) is 29.7 Å². The molecule has 2 aromatic heterocycles. The second-order valence-electron chi connectivity index (χ2n) is 8.46. The highest BCUT2D eigenvalue weighted by molar-refractivity contribution is 5.95. The summed E-state index contributed by atoms with van der Waals surface area (Å²) in [5.74, 6) is 0.105. The summed E-state index contributed by atoms with van der Waals surface area (Å²) in [4.78, 5) is 33.8. The van der Waals surface area contributed by atoms with Gasteiger partial charge in [-0.15, -0.1) is 0 Å². The molecule has 0 aliphatic carbocycles. The summed E-state index contributed by atoms with van der Waals surface area (Å²) in [6, 6.07) is 8.57. The number of likely N-dealkylation sites (tertiary alicyclic amines) is 1. The number of hydrogen-bond acceptors (Lipinski definition) is 7. The van der Waals surface area contributed by atoms with Crippen molar-refractivity contribution < 1.29 is 14.7 Å². The van der Waals surface area contributed by atoms with E-state index in [2.05, 4.69) is 25.7 Å². The summed E-state index contributed by atoms with van der Waals surface area (Å²) >= 11 is 0. The minimum atomic E-state index is -0.884. The minimum absolute atomic E-state index is 0.141. The van der Waals surface area contributed by atoms with E-state index in [9.17, 15) is 9.59 Å². The lowest BCUT2D eigenvalue weighted by molar-refractivity contribution is 0.0947. The van der Waals surface area contributed by atoms with E-state index in [0.717, 1.165) is 22.5 Å². The molecule has 11 heteroatoms. The van der Waals surface area contributed by atoms with E-state index >= 15 is 0 Å². The molecule has 1 aliphatic heterocycles. The number of nitrogens with zero attached hydrogens (tertiary/aromatic N) is 6. The third-order valence-corrected chi connectivity index (χ3v) is 5.90. The zero-order valence-corrected chi connectivity index (χ0v) is 19.5. The van der Waals surface area contributed by atoms with Gasteiger partial charge < -0.3 is 20.6 Å². The lowest BCUT2D eigenvalue weighted by Crippen LogP contribution is -2.38. The quantitative estimate of drug-likeness (QED) is 0.492. The highest BCUT2D eigenvalue weighted by Crippen LogP contribution is 2.26. The third-order valence-electron chi connectivity index (χ3n) is 5.90. The van der Waals surface area contributed by atoms with Gasteiger partial charge in [-0.25, -0.2) is 14.8 Å². The van der Waals surface area contributed by atoms with Crippen LogP contribution < -0.4 is 10.6 Å². The van der Waals surface area contributed by atoms with Crippen LogP contribution in [0.2, 0.25) is 0 Å². The molecular weight excluding hydrogens is 448 g/mol. The molecule has 2 amide bonds. The van der Waals surface area contributed by atoms with Crippen LogP contribution in [0.5, 0.6) is 0 Å². The van der Waals surface area contributed by atoms with Gasteiger partial charge in [0, 0.05) is 36.6 Å². The van der Waals surface area contributed by atoms with Crippen LogP contribution in [0, 0.1) is 18.3 Å². The number of rotatable bonds is 6. The molecular formula is C24H26N8O3. The van der Waals surface area contributed by atoms with Gasteiger partial charge in [0.25, 0.3) is 5.91 Å². The Morgan fingerprint density at radius 3 is 2.57 bits per heavy atom. The van der Waals surface area contributed by atoms with Gasteiger partial charge in [-0.3, -0.25) is 9.48 Å². The Bertz CT molecular complexity index is 1260. The zero-order chi connectivity index (χ0) is 24.9. The third kappa shape index (κ3) is 5.55.